The normalized spacial score (nSPS) is 10.7. The maximum absolute atomic E-state index is 2.27. The number of benzene rings is 4. The van der Waals surface area contributed by atoms with Crippen molar-refractivity contribution in [1.29, 1.82) is 0 Å². The van der Waals surface area contributed by atoms with Crippen LogP contribution < -0.4 is 2.89 Å². The van der Waals surface area contributed by atoms with Crippen LogP contribution in [0.1, 0.15) is 22.3 Å². The molecule has 2 heteroatoms. The molecule has 0 saturated heterocycles. The molecule has 0 aliphatic heterocycles. The molecule has 0 bridgehead atoms. The van der Waals surface area contributed by atoms with Gasteiger partial charge in [-0.1, -0.05) is 12.1 Å². The zero-order valence-electron chi connectivity index (χ0n) is 17.6. The van der Waals surface area contributed by atoms with Crippen LogP contribution in [-0.2, 0) is 0 Å². The molecule has 1 heterocycles. The van der Waals surface area contributed by atoms with Gasteiger partial charge >= 0.3 is 196 Å². The molecule has 0 atom stereocenters. The van der Waals surface area contributed by atoms with E-state index in [-0.39, 0.29) is 0 Å². The Morgan fingerprint density at radius 1 is 0.438 bits per heavy atom. The van der Waals surface area contributed by atoms with Gasteiger partial charge in [-0.05, 0) is 0 Å². The third-order valence-electron chi connectivity index (χ3n) is 5.52. The SMILES string of the molecule is [SnH][c]1ccc(-c2ccc(C(=C(c3ccccc3)c3ccccc3)c3ccccc3)cc2)s1. The molecule has 0 spiro atoms. The molecule has 152 valence electrons. The molecule has 0 unspecified atom stereocenters. The second-order valence-electron chi connectivity index (χ2n) is 7.63. The second-order valence-corrected chi connectivity index (χ2v) is 11.7. The predicted molar refractivity (Wildman–Crippen MR) is 141 cm³/mol. The average molecular weight is 533 g/mol. The Balaban J connectivity index is 1.75. The molecule has 32 heavy (non-hydrogen) atoms. The van der Waals surface area contributed by atoms with Crippen molar-refractivity contribution in [3.63, 3.8) is 0 Å². The topological polar surface area (TPSA) is 0 Å². The Bertz CT molecular complexity index is 1290. The van der Waals surface area contributed by atoms with Gasteiger partial charge in [-0.2, -0.15) is 0 Å². The molecule has 1 aromatic heterocycles. The van der Waals surface area contributed by atoms with E-state index in [9.17, 15) is 0 Å². The van der Waals surface area contributed by atoms with Gasteiger partial charge in [0.15, 0.2) is 0 Å². The summed E-state index contributed by atoms with van der Waals surface area (Å²) in [7, 11) is 0. The first-order valence-electron chi connectivity index (χ1n) is 10.7. The van der Waals surface area contributed by atoms with Gasteiger partial charge < -0.3 is 0 Å². The maximum atomic E-state index is 2.27. The second kappa shape index (κ2) is 9.72. The van der Waals surface area contributed by atoms with Gasteiger partial charge in [0, 0.05) is 0 Å². The molecule has 0 N–H and O–H groups in total. The quantitative estimate of drug-likeness (QED) is 0.170. The summed E-state index contributed by atoms with van der Waals surface area (Å²) in [4.78, 5) is 1.34. The van der Waals surface area contributed by atoms with Gasteiger partial charge in [-0.25, -0.2) is 0 Å². The molecule has 0 saturated carbocycles. The van der Waals surface area contributed by atoms with Crippen molar-refractivity contribution in [2.24, 2.45) is 0 Å². The van der Waals surface area contributed by atoms with Crippen molar-refractivity contribution in [3.8, 4) is 10.4 Å². The van der Waals surface area contributed by atoms with E-state index in [1.165, 1.54) is 69.3 Å². The van der Waals surface area contributed by atoms with Crippen molar-refractivity contribution in [2.45, 2.75) is 0 Å². The molecule has 0 nitrogen and oxygen atoms in total. The van der Waals surface area contributed by atoms with Crippen LogP contribution in [0.3, 0.4) is 0 Å². The fraction of sp³-hybridized carbons (Fsp3) is 0. The Kier molecular flexibility index (Phi) is 6.38. The first-order valence-corrected chi connectivity index (χ1v) is 13.1. The van der Waals surface area contributed by atoms with Crippen LogP contribution in [0.25, 0.3) is 21.6 Å². The van der Waals surface area contributed by atoms with Crippen molar-refractivity contribution in [3.05, 3.63) is 150 Å². The van der Waals surface area contributed by atoms with Gasteiger partial charge in [0.2, 0.25) is 0 Å². The molecule has 5 rings (SSSR count). The molecule has 0 fully saturated rings. The molecular formula is C30H22SSn. The third kappa shape index (κ3) is 4.50. The van der Waals surface area contributed by atoms with Crippen LogP contribution in [-0.4, -0.2) is 22.5 Å². The monoisotopic (exact) mass is 534 g/mol. The van der Waals surface area contributed by atoms with Crippen molar-refractivity contribution in [1.82, 2.24) is 0 Å². The van der Waals surface area contributed by atoms with E-state index in [1.54, 1.807) is 0 Å². The van der Waals surface area contributed by atoms with Crippen molar-refractivity contribution in [2.75, 3.05) is 0 Å². The van der Waals surface area contributed by atoms with E-state index in [2.05, 4.69) is 127 Å². The third-order valence-corrected chi connectivity index (χ3v) is 8.04. The standard InChI is InChI=1S/C30H21S.Sn.H/c1-4-11-24(12-5-1)29(25-13-6-2-7-14-25)30(26-15-8-3-9-16-26)27-20-18-23(19-21-27)28-17-10-22-31-28;;/h1-21H;;. The van der Waals surface area contributed by atoms with Crippen LogP contribution in [0.2, 0.25) is 0 Å². The van der Waals surface area contributed by atoms with E-state index in [0.29, 0.717) is 0 Å². The first kappa shape index (κ1) is 21.0. The molecule has 2 radical (unpaired) electrons. The summed E-state index contributed by atoms with van der Waals surface area (Å²) in [6.45, 7) is 0. The summed E-state index contributed by atoms with van der Waals surface area (Å²) in [6, 6.07) is 45.7. The van der Waals surface area contributed by atoms with E-state index in [1.807, 2.05) is 11.3 Å². The Labute approximate surface area is 207 Å². The molecule has 4 aromatic carbocycles. The molecule has 5 aromatic rings. The van der Waals surface area contributed by atoms with Crippen molar-refractivity contribution >= 4 is 47.9 Å². The number of thiophene rings is 1. The number of hydrogen-bond donors (Lipinski definition) is 0. The Hall–Kier alpha value is -2.88. The summed E-state index contributed by atoms with van der Waals surface area (Å²) in [5.41, 5.74) is 8.69. The number of rotatable bonds is 5. The molecular weight excluding hydrogens is 511 g/mol. The van der Waals surface area contributed by atoms with Crippen LogP contribution >= 0.6 is 11.3 Å². The van der Waals surface area contributed by atoms with Crippen LogP contribution in [0, 0.1) is 0 Å². The average Bonchev–Trinajstić information content (AvgIpc) is 3.30. The summed E-state index contributed by atoms with van der Waals surface area (Å²) in [6.07, 6.45) is 0. The minimum atomic E-state index is 1.17. The fourth-order valence-electron chi connectivity index (χ4n) is 4.03. The Morgan fingerprint density at radius 2 is 0.844 bits per heavy atom. The summed E-state index contributed by atoms with van der Waals surface area (Å²) < 4.78 is 1.47. The molecule has 0 aliphatic carbocycles. The number of hydrogen-bond acceptors (Lipinski definition) is 1. The predicted octanol–water partition coefficient (Wildman–Crippen LogP) is 6.95. The summed E-state index contributed by atoms with van der Waals surface area (Å²) >= 11 is 3.07. The van der Waals surface area contributed by atoms with Gasteiger partial charge in [0.1, 0.15) is 0 Å². The van der Waals surface area contributed by atoms with E-state index in [4.69, 9.17) is 0 Å². The van der Waals surface area contributed by atoms with Crippen LogP contribution in [0.4, 0.5) is 0 Å². The summed E-state index contributed by atoms with van der Waals surface area (Å²) in [5, 5.41) is 0. The van der Waals surface area contributed by atoms with Crippen LogP contribution in [0.15, 0.2) is 127 Å². The minimum absolute atomic E-state index is 1.17. The van der Waals surface area contributed by atoms with E-state index >= 15 is 0 Å². The summed E-state index contributed by atoms with van der Waals surface area (Å²) in [5.74, 6) is 0. The zero-order valence-corrected chi connectivity index (χ0v) is 21.7. The van der Waals surface area contributed by atoms with E-state index < -0.39 is 0 Å². The molecule has 0 aliphatic rings. The van der Waals surface area contributed by atoms with Gasteiger partial charge in [-0.15, -0.1) is 0 Å². The molecule has 0 amide bonds. The van der Waals surface area contributed by atoms with Gasteiger partial charge in [-0.3, -0.25) is 0 Å². The van der Waals surface area contributed by atoms with E-state index in [0.717, 1.165) is 0 Å². The van der Waals surface area contributed by atoms with Crippen molar-refractivity contribution < 1.29 is 0 Å². The van der Waals surface area contributed by atoms with Gasteiger partial charge in [0.05, 0.1) is 0 Å². The fourth-order valence-corrected chi connectivity index (χ4v) is 6.18. The zero-order chi connectivity index (χ0) is 21.8. The van der Waals surface area contributed by atoms with Gasteiger partial charge in [0.25, 0.3) is 0 Å². The van der Waals surface area contributed by atoms with Crippen LogP contribution in [0.5, 0.6) is 0 Å². The Morgan fingerprint density at radius 3 is 1.22 bits per heavy atom. The first-order chi connectivity index (χ1) is 15.8.